The van der Waals surface area contributed by atoms with Crippen molar-refractivity contribution < 1.29 is 9.53 Å². The minimum atomic E-state index is -0.332. The third kappa shape index (κ3) is 4.13. The summed E-state index contributed by atoms with van der Waals surface area (Å²) in [6.45, 7) is -0.192. The van der Waals surface area contributed by atoms with Gasteiger partial charge in [-0.15, -0.1) is 0 Å². The second-order valence-electron chi connectivity index (χ2n) is 4.21. The first-order valence-electron chi connectivity index (χ1n) is 6.06. The highest BCUT2D eigenvalue weighted by molar-refractivity contribution is 6.30. The molecule has 106 valence electrons. The molecule has 5 nitrogen and oxygen atoms in total. The number of nitrogens with two attached hydrogens (primary N) is 1. The minimum absolute atomic E-state index is 0.192. The smallest absolute Gasteiger partial charge is 0.262 e. The molecule has 0 aliphatic heterocycles. The van der Waals surface area contributed by atoms with Gasteiger partial charge in [-0.25, -0.2) is 0 Å². The van der Waals surface area contributed by atoms with Gasteiger partial charge >= 0.3 is 0 Å². The molecule has 6 heteroatoms. The Morgan fingerprint density at radius 2 is 2.14 bits per heavy atom. The average molecular weight is 302 g/mol. The Kier molecular flexibility index (Phi) is 4.64. The van der Waals surface area contributed by atoms with Crippen molar-refractivity contribution >= 4 is 28.9 Å². The Balaban J connectivity index is 1.94. The SMILES string of the molecule is N#Cc1ccc(OCC(=O)Nc2cccc(Cl)c2)c(N)c1. The molecule has 0 aromatic heterocycles. The molecule has 2 aromatic rings. The number of rotatable bonds is 4. The highest BCUT2D eigenvalue weighted by Gasteiger charge is 2.07. The minimum Gasteiger partial charge on any atom is -0.482 e. The summed E-state index contributed by atoms with van der Waals surface area (Å²) in [5, 5.41) is 11.9. The van der Waals surface area contributed by atoms with Crippen LogP contribution in [0.25, 0.3) is 0 Å². The molecule has 0 radical (unpaired) electrons. The molecule has 0 aliphatic rings. The number of nitrogen functional groups attached to an aromatic ring is 1. The highest BCUT2D eigenvalue weighted by atomic mass is 35.5. The molecule has 3 N–H and O–H groups in total. The zero-order valence-electron chi connectivity index (χ0n) is 11.0. The fourth-order valence-electron chi connectivity index (χ4n) is 1.66. The standard InChI is InChI=1S/C15H12ClN3O2/c16-11-2-1-3-12(7-11)19-15(20)9-21-14-5-4-10(8-17)6-13(14)18/h1-7H,9,18H2,(H,19,20). The van der Waals surface area contributed by atoms with E-state index in [2.05, 4.69) is 5.32 Å². The topological polar surface area (TPSA) is 88.1 Å². The first-order chi connectivity index (χ1) is 10.1. The Bertz CT molecular complexity index is 710. The maximum Gasteiger partial charge on any atom is 0.262 e. The lowest BCUT2D eigenvalue weighted by atomic mass is 10.2. The number of halogens is 1. The lowest BCUT2D eigenvalue weighted by molar-refractivity contribution is -0.118. The van der Waals surface area contributed by atoms with Crippen LogP contribution in [0.5, 0.6) is 5.75 Å². The van der Waals surface area contributed by atoms with Crippen LogP contribution in [0.2, 0.25) is 5.02 Å². The van der Waals surface area contributed by atoms with Gasteiger partial charge in [-0.3, -0.25) is 4.79 Å². The van der Waals surface area contributed by atoms with Gasteiger partial charge in [0.2, 0.25) is 0 Å². The van der Waals surface area contributed by atoms with E-state index in [-0.39, 0.29) is 12.5 Å². The number of anilines is 2. The fourth-order valence-corrected chi connectivity index (χ4v) is 1.85. The number of hydrogen-bond donors (Lipinski definition) is 2. The van der Waals surface area contributed by atoms with Crippen molar-refractivity contribution in [3.05, 3.63) is 53.1 Å². The van der Waals surface area contributed by atoms with Gasteiger partial charge in [-0.1, -0.05) is 17.7 Å². The number of carbonyl (C=O) groups is 1. The number of benzene rings is 2. The van der Waals surface area contributed by atoms with Gasteiger partial charge in [-0.05, 0) is 36.4 Å². The van der Waals surface area contributed by atoms with Gasteiger partial charge in [0.05, 0.1) is 17.3 Å². The number of nitrogens with one attached hydrogen (secondary N) is 1. The van der Waals surface area contributed by atoms with Crippen LogP contribution in [0.15, 0.2) is 42.5 Å². The van der Waals surface area contributed by atoms with Crippen LogP contribution in [0.4, 0.5) is 11.4 Å². The van der Waals surface area contributed by atoms with Crippen LogP contribution >= 0.6 is 11.6 Å². The quantitative estimate of drug-likeness (QED) is 0.850. The molecule has 0 saturated carbocycles. The number of nitrogens with zero attached hydrogens (tertiary/aromatic N) is 1. The predicted molar refractivity (Wildman–Crippen MR) is 81.1 cm³/mol. The molecule has 1 amide bonds. The Hall–Kier alpha value is -2.71. The Morgan fingerprint density at radius 3 is 2.81 bits per heavy atom. The Labute approximate surface area is 126 Å². The van der Waals surface area contributed by atoms with Crippen LogP contribution in [0, 0.1) is 11.3 Å². The summed E-state index contributed by atoms with van der Waals surface area (Å²) < 4.78 is 5.32. The molecule has 0 saturated heterocycles. The lowest BCUT2D eigenvalue weighted by Crippen LogP contribution is -2.20. The molecule has 0 spiro atoms. The summed E-state index contributed by atoms with van der Waals surface area (Å²) in [7, 11) is 0. The van der Waals surface area contributed by atoms with E-state index >= 15 is 0 Å². The molecule has 0 heterocycles. The molecule has 0 atom stereocenters. The molecule has 0 bridgehead atoms. The third-order valence-corrected chi connectivity index (χ3v) is 2.84. The molecule has 2 rings (SSSR count). The zero-order valence-corrected chi connectivity index (χ0v) is 11.7. The van der Waals surface area contributed by atoms with Crippen molar-refractivity contribution in [2.75, 3.05) is 17.7 Å². The summed E-state index contributed by atoms with van der Waals surface area (Å²) in [6.07, 6.45) is 0. The first-order valence-corrected chi connectivity index (χ1v) is 6.44. The maximum atomic E-state index is 11.8. The number of amides is 1. The van der Waals surface area contributed by atoms with E-state index in [0.717, 1.165) is 0 Å². The number of hydrogen-bond acceptors (Lipinski definition) is 4. The van der Waals surface area contributed by atoms with E-state index in [4.69, 9.17) is 27.3 Å². The van der Waals surface area contributed by atoms with E-state index in [0.29, 0.717) is 27.7 Å². The Morgan fingerprint density at radius 1 is 1.33 bits per heavy atom. The molecule has 2 aromatic carbocycles. The van der Waals surface area contributed by atoms with Crippen LogP contribution in [0.1, 0.15) is 5.56 Å². The van der Waals surface area contributed by atoms with Gasteiger partial charge in [0, 0.05) is 10.7 Å². The van der Waals surface area contributed by atoms with Crippen molar-refractivity contribution in [2.45, 2.75) is 0 Å². The predicted octanol–water partition coefficient (Wildman–Crippen LogP) is 2.81. The van der Waals surface area contributed by atoms with Crippen molar-refractivity contribution in [2.24, 2.45) is 0 Å². The average Bonchev–Trinajstić information content (AvgIpc) is 2.46. The molecule has 0 unspecified atom stereocenters. The number of ether oxygens (including phenoxy) is 1. The van der Waals surface area contributed by atoms with Crippen molar-refractivity contribution in [1.29, 1.82) is 5.26 Å². The molecular formula is C15H12ClN3O2. The van der Waals surface area contributed by atoms with Crippen molar-refractivity contribution in [3.63, 3.8) is 0 Å². The van der Waals surface area contributed by atoms with E-state index in [1.807, 2.05) is 6.07 Å². The second-order valence-corrected chi connectivity index (χ2v) is 4.65. The van der Waals surface area contributed by atoms with Gasteiger partial charge in [-0.2, -0.15) is 5.26 Å². The van der Waals surface area contributed by atoms with Gasteiger partial charge in [0.15, 0.2) is 6.61 Å². The van der Waals surface area contributed by atoms with Crippen LogP contribution in [-0.2, 0) is 4.79 Å². The van der Waals surface area contributed by atoms with Gasteiger partial charge in [0.1, 0.15) is 5.75 Å². The van der Waals surface area contributed by atoms with Crippen LogP contribution < -0.4 is 15.8 Å². The van der Waals surface area contributed by atoms with Crippen LogP contribution in [0.3, 0.4) is 0 Å². The number of carbonyl (C=O) groups excluding carboxylic acids is 1. The van der Waals surface area contributed by atoms with E-state index in [1.165, 1.54) is 6.07 Å². The van der Waals surface area contributed by atoms with E-state index in [1.54, 1.807) is 36.4 Å². The summed E-state index contributed by atoms with van der Waals surface area (Å²) >= 11 is 5.83. The monoisotopic (exact) mass is 301 g/mol. The maximum absolute atomic E-state index is 11.8. The molecule has 0 aliphatic carbocycles. The largest absolute Gasteiger partial charge is 0.482 e. The third-order valence-electron chi connectivity index (χ3n) is 2.61. The van der Waals surface area contributed by atoms with Gasteiger partial charge < -0.3 is 15.8 Å². The first kappa shape index (κ1) is 14.7. The molecule has 0 fully saturated rings. The second kappa shape index (κ2) is 6.64. The van der Waals surface area contributed by atoms with E-state index in [9.17, 15) is 4.79 Å². The molecular weight excluding hydrogens is 290 g/mol. The lowest BCUT2D eigenvalue weighted by Gasteiger charge is -2.09. The fraction of sp³-hybridized carbons (Fsp3) is 0.0667. The van der Waals surface area contributed by atoms with E-state index < -0.39 is 0 Å². The van der Waals surface area contributed by atoms with Gasteiger partial charge in [0.25, 0.3) is 5.91 Å². The van der Waals surface area contributed by atoms with Crippen molar-refractivity contribution in [3.8, 4) is 11.8 Å². The van der Waals surface area contributed by atoms with Crippen LogP contribution in [-0.4, -0.2) is 12.5 Å². The zero-order chi connectivity index (χ0) is 15.2. The highest BCUT2D eigenvalue weighted by Crippen LogP contribution is 2.22. The summed E-state index contributed by atoms with van der Waals surface area (Å²) in [4.78, 5) is 11.8. The van der Waals surface area contributed by atoms with Crippen molar-refractivity contribution in [1.82, 2.24) is 0 Å². The summed E-state index contributed by atoms with van der Waals surface area (Å²) in [5.74, 6) is 0.0243. The molecule has 21 heavy (non-hydrogen) atoms. The summed E-state index contributed by atoms with van der Waals surface area (Å²) in [5.41, 5.74) is 7.06. The normalized spacial score (nSPS) is 9.71. The summed E-state index contributed by atoms with van der Waals surface area (Å²) in [6, 6.07) is 13.4. The number of nitriles is 1.